The Balaban J connectivity index is 3.01. The number of halogens is 1. The van der Waals surface area contributed by atoms with Crippen LogP contribution in [0.15, 0.2) is 21.1 Å². The third kappa shape index (κ3) is 3.96. The molecule has 1 heterocycles. The third-order valence-corrected chi connectivity index (χ3v) is 4.20. The monoisotopic (exact) mass is 332 g/mol. The van der Waals surface area contributed by atoms with Crippen LogP contribution in [0.1, 0.15) is 33.4 Å². The number of aromatic nitrogens is 1. The van der Waals surface area contributed by atoms with Crippen molar-refractivity contribution in [1.82, 2.24) is 4.98 Å². The number of nitrogens with zero attached hydrogens (tertiary/aromatic N) is 2. The molecular formula is C12H17BrN2O2S. The lowest BCUT2D eigenvalue weighted by molar-refractivity contribution is 0.409. The second-order valence-electron chi connectivity index (χ2n) is 4.73. The van der Waals surface area contributed by atoms with E-state index in [1.807, 2.05) is 20.8 Å². The zero-order valence-corrected chi connectivity index (χ0v) is 13.6. The summed E-state index contributed by atoms with van der Waals surface area (Å²) < 4.78 is 21.4. The Bertz CT molecular complexity index is 458. The molecule has 100 valence electrons. The summed E-state index contributed by atoms with van der Waals surface area (Å²) >= 11 is 2.03. The van der Waals surface area contributed by atoms with Gasteiger partial charge in [-0.1, -0.05) is 4.40 Å². The van der Waals surface area contributed by atoms with Crippen LogP contribution in [0.4, 0.5) is 0 Å². The number of hydrogen-bond donors (Lipinski definition) is 0. The van der Waals surface area contributed by atoms with Crippen LogP contribution in [0.25, 0.3) is 0 Å². The number of ether oxygens (including phenoxy) is 1. The second kappa shape index (κ2) is 6.04. The van der Waals surface area contributed by atoms with E-state index in [2.05, 4.69) is 25.3 Å². The molecule has 0 aliphatic rings. The summed E-state index contributed by atoms with van der Waals surface area (Å²) in [5.41, 5.74) is 1.33. The van der Waals surface area contributed by atoms with Crippen molar-refractivity contribution in [3.05, 3.63) is 22.4 Å². The molecule has 0 unspecified atom stereocenters. The van der Waals surface area contributed by atoms with Crippen molar-refractivity contribution in [2.75, 3.05) is 7.11 Å². The zero-order valence-electron chi connectivity index (χ0n) is 11.2. The summed E-state index contributed by atoms with van der Waals surface area (Å²) in [5, 5.41) is 0. The van der Waals surface area contributed by atoms with Crippen molar-refractivity contribution in [3.8, 4) is 5.75 Å². The van der Waals surface area contributed by atoms with Crippen molar-refractivity contribution in [3.63, 3.8) is 0 Å². The van der Waals surface area contributed by atoms with Gasteiger partial charge in [-0.15, -0.1) is 0 Å². The molecule has 6 heteroatoms. The maximum Gasteiger partial charge on any atom is 0.151 e. The predicted octanol–water partition coefficient (Wildman–Crippen LogP) is 3.12. The number of pyridine rings is 1. The van der Waals surface area contributed by atoms with Gasteiger partial charge < -0.3 is 9.29 Å². The molecule has 18 heavy (non-hydrogen) atoms. The highest BCUT2D eigenvalue weighted by Crippen LogP contribution is 2.23. The number of hydrogen-bond acceptors (Lipinski definition) is 4. The lowest BCUT2D eigenvalue weighted by atomic mass is 10.2. The van der Waals surface area contributed by atoms with Crippen molar-refractivity contribution in [2.24, 2.45) is 4.40 Å². The summed E-state index contributed by atoms with van der Waals surface area (Å²) in [4.78, 5) is 4.31. The molecule has 1 aromatic heterocycles. The van der Waals surface area contributed by atoms with Gasteiger partial charge in [0.05, 0.1) is 12.8 Å². The summed E-state index contributed by atoms with van der Waals surface area (Å²) in [7, 11) is 1.58. The fraction of sp³-hybridized carbons (Fsp3) is 0.500. The maximum absolute atomic E-state index is 11.9. The molecule has 1 atom stereocenters. The van der Waals surface area contributed by atoms with Crippen LogP contribution >= 0.6 is 15.9 Å². The van der Waals surface area contributed by atoms with Crippen LogP contribution in [-0.4, -0.2) is 27.1 Å². The molecule has 1 rings (SSSR count). The molecule has 0 spiro atoms. The molecule has 0 N–H and O–H groups in total. The van der Waals surface area contributed by atoms with Gasteiger partial charge in [-0.3, -0.25) is 0 Å². The number of methoxy groups -OCH3 is 1. The van der Waals surface area contributed by atoms with E-state index in [1.165, 1.54) is 0 Å². The first kappa shape index (κ1) is 15.5. The lowest BCUT2D eigenvalue weighted by Crippen LogP contribution is -2.26. The Kier molecular flexibility index (Phi) is 5.19. The minimum Gasteiger partial charge on any atom is -0.591 e. The Morgan fingerprint density at radius 3 is 2.50 bits per heavy atom. The molecule has 0 amide bonds. The highest BCUT2D eigenvalue weighted by Gasteiger charge is 2.27. The van der Waals surface area contributed by atoms with Crippen molar-refractivity contribution in [1.29, 1.82) is 0 Å². The van der Waals surface area contributed by atoms with Crippen LogP contribution < -0.4 is 4.74 Å². The minimum absolute atomic E-state index is 0.370. The highest BCUT2D eigenvalue weighted by atomic mass is 79.9. The zero-order chi connectivity index (χ0) is 13.9. The molecule has 0 radical (unpaired) electrons. The molecule has 4 nitrogen and oxygen atoms in total. The quantitative estimate of drug-likeness (QED) is 0.485. The van der Waals surface area contributed by atoms with Crippen LogP contribution in [0, 0.1) is 0 Å². The van der Waals surface area contributed by atoms with Crippen LogP contribution in [0.5, 0.6) is 5.75 Å². The van der Waals surface area contributed by atoms with Crippen LogP contribution in [-0.2, 0) is 11.4 Å². The molecule has 1 aromatic rings. The van der Waals surface area contributed by atoms with Gasteiger partial charge in [-0.2, -0.15) is 0 Å². The van der Waals surface area contributed by atoms with E-state index in [0.29, 0.717) is 21.8 Å². The molecular weight excluding hydrogens is 316 g/mol. The fourth-order valence-corrected chi connectivity index (χ4v) is 2.18. The second-order valence-corrected chi connectivity index (χ2v) is 7.38. The fourth-order valence-electron chi connectivity index (χ4n) is 1.08. The topological polar surface area (TPSA) is 57.5 Å². The summed E-state index contributed by atoms with van der Waals surface area (Å²) in [6.07, 6.45) is 0. The molecule has 0 fully saturated rings. The first-order valence-corrected chi connectivity index (χ1v) is 7.34. The SMILES string of the molecule is COc1ccc(/C(C)=N/[S@+]([O-])C(C)(C)C)nc1Br. The summed E-state index contributed by atoms with van der Waals surface area (Å²) in [5.74, 6) is 0.656. The van der Waals surface area contributed by atoms with Crippen molar-refractivity contribution in [2.45, 2.75) is 32.4 Å². The van der Waals surface area contributed by atoms with E-state index < -0.39 is 11.4 Å². The largest absolute Gasteiger partial charge is 0.591 e. The normalized spacial score (nSPS) is 14.5. The Morgan fingerprint density at radius 2 is 2.06 bits per heavy atom. The predicted molar refractivity (Wildman–Crippen MR) is 78.6 cm³/mol. The van der Waals surface area contributed by atoms with E-state index in [1.54, 1.807) is 26.2 Å². The lowest BCUT2D eigenvalue weighted by Gasteiger charge is -2.18. The minimum atomic E-state index is -1.28. The number of rotatable bonds is 3. The van der Waals surface area contributed by atoms with Gasteiger partial charge in [0, 0.05) is 0 Å². The molecule has 0 bridgehead atoms. The van der Waals surface area contributed by atoms with Crippen molar-refractivity contribution < 1.29 is 9.29 Å². The van der Waals surface area contributed by atoms with E-state index in [-0.39, 0.29) is 4.75 Å². The smallest absolute Gasteiger partial charge is 0.151 e. The average Bonchev–Trinajstić information content (AvgIpc) is 2.27. The first-order valence-electron chi connectivity index (χ1n) is 5.44. The van der Waals surface area contributed by atoms with Gasteiger partial charge in [-0.05, 0) is 55.8 Å². The Labute approximate surface area is 119 Å². The standard InChI is InChI=1S/C12H17BrN2O2S/c1-8(15-18(16)12(2,3)4)9-6-7-10(17-5)11(13)14-9/h6-7H,1-5H3/b15-8+/t18-/m1/s1. The van der Waals surface area contributed by atoms with E-state index >= 15 is 0 Å². The van der Waals surface area contributed by atoms with E-state index in [4.69, 9.17) is 4.74 Å². The summed E-state index contributed by atoms with van der Waals surface area (Å²) in [6, 6.07) is 3.59. The molecule has 0 aromatic carbocycles. The highest BCUT2D eigenvalue weighted by molar-refractivity contribution is 9.10. The molecule has 0 aliphatic carbocycles. The first-order chi connectivity index (χ1) is 8.25. The molecule has 0 aliphatic heterocycles. The third-order valence-electron chi connectivity index (χ3n) is 2.15. The van der Waals surface area contributed by atoms with Gasteiger partial charge in [0.1, 0.15) is 26.4 Å². The maximum atomic E-state index is 11.9. The van der Waals surface area contributed by atoms with Crippen molar-refractivity contribution >= 4 is 33.0 Å². The van der Waals surface area contributed by atoms with Gasteiger partial charge in [0.2, 0.25) is 0 Å². The molecule has 0 saturated carbocycles. The van der Waals surface area contributed by atoms with Crippen LogP contribution in [0.3, 0.4) is 0 Å². The van der Waals surface area contributed by atoms with Gasteiger partial charge in [0.25, 0.3) is 0 Å². The molecule has 0 saturated heterocycles. The Hall–Kier alpha value is -0.590. The average molecular weight is 333 g/mol. The van der Waals surface area contributed by atoms with E-state index in [9.17, 15) is 4.55 Å². The summed E-state index contributed by atoms with van der Waals surface area (Å²) in [6.45, 7) is 7.46. The van der Waals surface area contributed by atoms with Crippen LogP contribution in [0.2, 0.25) is 0 Å². The van der Waals surface area contributed by atoms with Gasteiger partial charge in [0.15, 0.2) is 5.75 Å². The van der Waals surface area contributed by atoms with Gasteiger partial charge in [-0.25, -0.2) is 4.98 Å². The van der Waals surface area contributed by atoms with E-state index in [0.717, 1.165) is 0 Å². The Morgan fingerprint density at radius 1 is 1.44 bits per heavy atom. The van der Waals surface area contributed by atoms with Gasteiger partial charge >= 0.3 is 0 Å².